The summed E-state index contributed by atoms with van der Waals surface area (Å²) in [4.78, 5) is 18.5. The van der Waals surface area contributed by atoms with Crippen LogP contribution in [0.5, 0.6) is 0 Å². The molecule has 0 spiro atoms. The van der Waals surface area contributed by atoms with Crippen molar-refractivity contribution in [2.45, 2.75) is 50.9 Å². The molecule has 8 heteroatoms. The fourth-order valence-corrected chi connectivity index (χ4v) is 4.14. The molecule has 2 atom stereocenters. The van der Waals surface area contributed by atoms with E-state index in [1.54, 1.807) is 0 Å². The highest BCUT2D eigenvalue weighted by Crippen LogP contribution is 2.33. The number of hydrogen-bond acceptors (Lipinski definition) is 4. The van der Waals surface area contributed by atoms with E-state index in [1.165, 1.54) is 17.4 Å². The Hall–Kier alpha value is -1.67. The van der Waals surface area contributed by atoms with Crippen molar-refractivity contribution in [1.29, 1.82) is 0 Å². The highest BCUT2D eigenvalue weighted by atomic mass is 32.1. The molecule has 0 saturated carbocycles. The third kappa shape index (κ3) is 4.12. The van der Waals surface area contributed by atoms with Crippen LogP contribution >= 0.6 is 11.3 Å². The van der Waals surface area contributed by atoms with Crippen molar-refractivity contribution in [1.82, 2.24) is 9.88 Å². The van der Waals surface area contributed by atoms with Crippen LogP contribution < -0.4 is 5.73 Å². The molecule has 1 aromatic heterocycles. The first-order valence-corrected chi connectivity index (χ1v) is 9.07. The maximum Gasteiger partial charge on any atom is 0.416 e. The number of amides is 1. The molecular weight excluding hydrogens is 351 g/mol. The number of fused-ring (bicyclic) bond motifs is 1. The average molecular weight is 371 g/mol. The maximum absolute atomic E-state index is 12.8. The molecule has 0 radical (unpaired) electrons. The first-order valence-electron chi connectivity index (χ1n) is 8.26. The number of alkyl halides is 3. The lowest BCUT2D eigenvalue weighted by atomic mass is 9.98. The number of halogens is 3. The van der Waals surface area contributed by atoms with Gasteiger partial charge < -0.3 is 10.6 Å². The van der Waals surface area contributed by atoms with Crippen LogP contribution in [0, 0.1) is 0 Å². The number of nitrogens with two attached hydrogens (primary N) is 1. The molecule has 1 aromatic carbocycles. The summed E-state index contributed by atoms with van der Waals surface area (Å²) in [7, 11) is 0. The highest BCUT2D eigenvalue weighted by molar-refractivity contribution is 7.18. The number of carbonyl (C=O) groups excluding carboxylic acids is 1. The van der Waals surface area contributed by atoms with Crippen molar-refractivity contribution >= 4 is 27.5 Å². The standard InChI is InChI=1S/C17H20F3N3OS/c1-10-8-12(21)6-7-23(10)16(24)5-4-15-22-13-9-11(17(18,19)20)2-3-14(13)25-15/h2-3,9-10,12H,4-8,21H2,1H3/t10-,12-/m1/s1. The minimum atomic E-state index is -4.38. The molecule has 2 heterocycles. The van der Waals surface area contributed by atoms with Gasteiger partial charge in [-0.3, -0.25) is 4.79 Å². The molecule has 2 N–H and O–H groups in total. The summed E-state index contributed by atoms with van der Waals surface area (Å²) in [5.41, 5.74) is 5.54. The topological polar surface area (TPSA) is 59.2 Å². The number of carbonyl (C=O) groups is 1. The fraction of sp³-hybridized carbons (Fsp3) is 0.529. The number of thiazole rings is 1. The number of hydrogen-bond donors (Lipinski definition) is 1. The van der Waals surface area contributed by atoms with Gasteiger partial charge in [0, 0.05) is 31.5 Å². The monoisotopic (exact) mass is 371 g/mol. The van der Waals surface area contributed by atoms with Gasteiger partial charge in [0.05, 0.1) is 20.8 Å². The van der Waals surface area contributed by atoms with Gasteiger partial charge in [0.15, 0.2) is 0 Å². The lowest BCUT2D eigenvalue weighted by Crippen LogP contribution is -2.48. The van der Waals surface area contributed by atoms with E-state index in [-0.39, 0.29) is 18.0 Å². The molecule has 1 fully saturated rings. The Balaban J connectivity index is 1.66. The highest BCUT2D eigenvalue weighted by Gasteiger charge is 2.31. The van der Waals surface area contributed by atoms with Gasteiger partial charge in [-0.2, -0.15) is 13.2 Å². The van der Waals surface area contributed by atoms with Gasteiger partial charge >= 0.3 is 6.18 Å². The number of aryl methyl sites for hydroxylation is 1. The van der Waals surface area contributed by atoms with E-state index in [2.05, 4.69) is 4.98 Å². The second-order valence-electron chi connectivity index (χ2n) is 6.51. The number of rotatable bonds is 3. The normalized spacial score (nSPS) is 21.7. The first-order chi connectivity index (χ1) is 11.7. The van der Waals surface area contributed by atoms with Crippen LogP contribution in [-0.4, -0.2) is 34.4 Å². The summed E-state index contributed by atoms with van der Waals surface area (Å²) in [5.74, 6) is 0.0506. The molecule has 2 aromatic rings. The van der Waals surface area contributed by atoms with E-state index in [4.69, 9.17) is 5.73 Å². The van der Waals surface area contributed by atoms with E-state index < -0.39 is 11.7 Å². The first kappa shape index (κ1) is 18.1. The summed E-state index contributed by atoms with van der Waals surface area (Å²) >= 11 is 1.34. The van der Waals surface area contributed by atoms with E-state index in [0.717, 1.165) is 25.0 Å². The third-order valence-corrected chi connectivity index (χ3v) is 5.65. The fourth-order valence-electron chi connectivity index (χ4n) is 3.19. The van der Waals surface area contributed by atoms with E-state index >= 15 is 0 Å². The molecule has 1 aliphatic heterocycles. The average Bonchev–Trinajstić information content (AvgIpc) is 2.93. The Labute approximate surface area is 147 Å². The van der Waals surface area contributed by atoms with Gasteiger partial charge in [0.25, 0.3) is 0 Å². The molecular formula is C17H20F3N3OS. The van der Waals surface area contributed by atoms with Gasteiger partial charge in [-0.25, -0.2) is 4.98 Å². The number of aromatic nitrogens is 1. The van der Waals surface area contributed by atoms with E-state index in [0.29, 0.717) is 34.6 Å². The molecule has 25 heavy (non-hydrogen) atoms. The zero-order valence-electron chi connectivity index (χ0n) is 13.8. The lowest BCUT2D eigenvalue weighted by Gasteiger charge is -2.36. The van der Waals surface area contributed by atoms with Crippen molar-refractivity contribution in [3.05, 3.63) is 28.8 Å². The Kier molecular flexibility index (Phi) is 5.02. The largest absolute Gasteiger partial charge is 0.416 e. The minimum Gasteiger partial charge on any atom is -0.340 e. The predicted octanol–water partition coefficient (Wildman–Crippen LogP) is 3.59. The smallest absolute Gasteiger partial charge is 0.340 e. The summed E-state index contributed by atoms with van der Waals surface area (Å²) in [6, 6.07) is 3.83. The number of likely N-dealkylation sites (tertiary alicyclic amines) is 1. The van der Waals surface area contributed by atoms with Crippen LogP contribution in [0.25, 0.3) is 10.2 Å². The van der Waals surface area contributed by atoms with Gasteiger partial charge in [0.2, 0.25) is 5.91 Å². The van der Waals surface area contributed by atoms with Crippen LogP contribution in [0.1, 0.15) is 36.8 Å². The molecule has 0 bridgehead atoms. The Morgan fingerprint density at radius 1 is 1.44 bits per heavy atom. The molecule has 1 amide bonds. The van der Waals surface area contributed by atoms with Crippen LogP contribution in [-0.2, 0) is 17.4 Å². The number of benzene rings is 1. The zero-order valence-corrected chi connectivity index (χ0v) is 14.7. The molecule has 136 valence electrons. The van der Waals surface area contributed by atoms with Gasteiger partial charge in [-0.15, -0.1) is 11.3 Å². The summed E-state index contributed by atoms with van der Waals surface area (Å²) < 4.78 is 39.0. The Morgan fingerprint density at radius 2 is 2.20 bits per heavy atom. The maximum atomic E-state index is 12.8. The molecule has 0 aliphatic carbocycles. The van der Waals surface area contributed by atoms with Crippen molar-refractivity contribution in [3.8, 4) is 0 Å². The number of nitrogens with zero attached hydrogens (tertiary/aromatic N) is 2. The molecule has 1 aliphatic rings. The van der Waals surface area contributed by atoms with Crippen LogP contribution in [0.2, 0.25) is 0 Å². The van der Waals surface area contributed by atoms with Crippen LogP contribution in [0.4, 0.5) is 13.2 Å². The van der Waals surface area contributed by atoms with Gasteiger partial charge in [0.1, 0.15) is 0 Å². The Morgan fingerprint density at radius 3 is 2.88 bits per heavy atom. The van der Waals surface area contributed by atoms with Gasteiger partial charge in [-0.05, 0) is 38.0 Å². The SMILES string of the molecule is C[C@@H]1C[C@H](N)CCN1C(=O)CCc1nc2cc(C(F)(F)F)ccc2s1. The number of piperidine rings is 1. The second-order valence-corrected chi connectivity index (χ2v) is 7.62. The van der Waals surface area contributed by atoms with Crippen molar-refractivity contribution in [3.63, 3.8) is 0 Å². The summed E-state index contributed by atoms with van der Waals surface area (Å²) in [5, 5.41) is 0.684. The third-order valence-electron chi connectivity index (χ3n) is 4.55. The van der Waals surface area contributed by atoms with Crippen molar-refractivity contribution in [2.75, 3.05) is 6.54 Å². The van der Waals surface area contributed by atoms with Crippen LogP contribution in [0.3, 0.4) is 0 Å². The molecule has 0 unspecified atom stereocenters. The van der Waals surface area contributed by atoms with Crippen molar-refractivity contribution in [2.24, 2.45) is 5.73 Å². The van der Waals surface area contributed by atoms with Crippen LogP contribution in [0.15, 0.2) is 18.2 Å². The summed E-state index contributed by atoms with van der Waals surface area (Å²) in [6.07, 6.45) is -2.02. The van der Waals surface area contributed by atoms with E-state index in [9.17, 15) is 18.0 Å². The zero-order chi connectivity index (χ0) is 18.2. The van der Waals surface area contributed by atoms with Crippen molar-refractivity contribution < 1.29 is 18.0 Å². The second kappa shape index (κ2) is 6.92. The molecule has 1 saturated heterocycles. The quantitative estimate of drug-likeness (QED) is 0.897. The van der Waals surface area contributed by atoms with Gasteiger partial charge in [-0.1, -0.05) is 0 Å². The van der Waals surface area contributed by atoms with E-state index in [1.807, 2.05) is 11.8 Å². The predicted molar refractivity (Wildman–Crippen MR) is 91.3 cm³/mol. The minimum absolute atomic E-state index is 0.0506. The Bertz CT molecular complexity index is 774. The molecule has 3 rings (SSSR count). The lowest BCUT2D eigenvalue weighted by molar-refractivity contribution is -0.137. The molecule has 4 nitrogen and oxygen atoms in total. The summed E-state index contributed by atoms with van der Waals surface area (Å²) in [6.45, 7) is 2.66.